The number of nitrogens with zero attached hydrogens (tertiary/aromatic N) is 2. The molecule has 13 heteroatoms. The Morgan fingerprint density at radius 2 is 0.949 bits per heavy atom. The van der Waals surface area contributed by atoms with E-state index in [2.05, 4.69) is 142 Å². The van der Waals surface area contributed by atoms with Crippen LogP contribution < -0.4 is 9.61 Å². The summed E-state index contributed by atoms with van der Waals surface area (Å²) < 4.78 is 23.9. The summed E-state index contributed by atoms with van der Waals surface area (Å²) in [6.07, 6.45) is 43.7. The third-order valence-corrected chi connectivity index (χ3v) is 18.7. The molecule has 1 heterocycles. The summed E-state index contributed by atoms with van der Waals surface area (Å²) in [5.41, 5.74) is 19.0. The zero-order valence-electron chi connectivity index (χ0n) is 62.5. The number of oxime groups is 1. The van der Waals surface area contributed by atoms with Crippen LogP contribution in [0.5, 0.6) is 5.75 Å². The summed E-state index contributed by atoms with van der Waals surface area (Å²) in [7, 11) is 2.78. The van der Waals surface area contributed by atoms with E-state index in [9.17, 15) is 29.5 Å². The predicted octanol–water partition coefficient (Wildman–Crippen LogP) is 22.3. The molecule has 0 radical (unpaired) electrons. The Morgan fingerprint density at radius 1 is 0.535 bits per heavy atom. The highest BCUT2D eigenvalue weighted by molar-refractivity contribution is 7.16. The minimum absolute atomic E-state index is 0.00667. The number of aromatic nitrogens is 1. The average Bonchev–Trinajstić information content (AvgIpc) is 1.73. The lowest BCUT2D eigenvalue weighted by atomic mass is 9.90. The molecule has 99 heavy (non-hydrogen) atoms. The molecule has 4 aromatic rings. The molecule has 1 aliphatic rings. The summed E-state index contributed by atoms with van der Waals surface area (Å²) in [6.45, 7) is 29.1. The van der Waals surface area contributed by atoms with Gasteiger partial charge in [0.15, 0.2) is 6.10 Å². The van der Waals surface area contributed by atoms with Crippen molar-refractivity contribution in [3.05, 3.63) is 238 Å². The fourth-order valence-electron chi connectivity index (χ4n) is 11.5. The lowest BCUT2D eigenvalue weighted by Gasteiger charge is -2.19. The van der Waals surface area contributed by atoms with Gasteiger partial charge in [0.05, 0.1) is 31.0 Å². The van der Waals surface area contributed by atoms with Gasteiger partial charge < -0.3 is 29.3 Å². The molecule has 536 valence electrons. The highest BCUT2D eigenvalue weighted by Gasteiger charge is 2.34. The second kappa shape index (κ2) is 46.3. The van der Waals surface area contributed by atoms with E-state index in [1.54, 1.807) is 30.5 Å². The molecule has 0 fully saturated rings. The highest BCUT2D eigenvalue weighted by atomic mass is 32.1. The Labute approximate surface area is 597 Å². The molecule has 0 saturated carbocycles. The minimum Gasteiger partial charge on any atom is -0.492 e. The standard InChI is InChI=1S/C59H90O4.C27H26N2O6S/c1-44(2)24-15-25-45(3)26-16-27-46(4)28-17-29-47(5)30-18-31-48(6)32-19-33-49(7)34-20-35-50(8)36-21-37-51(9)38-22-39-52(10)40-23-41-53(11)42-43-55-54(12)56(60)58(62-13)59(63-14)57(55)61;1-2-34-23(26(30)31)16-18-8-11-21(12-9-18)35-15-14-29-22-13-10-20(17-24(22)36-27(29)32)25(28-33)19-6-4-3-5-7-19/h24,26,28,30,32,34,36,38,40,42H,15-23,25,27,29,31,33,35,37,39,41,43H2,1-14H3;3-13,17,23,33H,2,14-16H2,1H3,(H,30,31)/b45-26+,46-28+,47-30+,48-32-,49-34+,50-36+,51-38+,52-40+,53-42+;28-25-. The number of carbonyl (C=O) groups is 3. The van der Waals surface area contributed by atoms with E-state index in [1.165, 1.54) is 89.2 Å². The second-order valence-corrected chi connectivity index (χ2v) is 27.6. The average molecular weight is 1370 g/mol. The van der Waals surface area contributed by atoms with Gasteiger partial charge in [-0.2, -0.15) is 0 Å². The van der Waals surface area contributed by atoms with Crippen LogP contribution in [-0.4, -0.2) is 71.7 Å². The Morgan fingerprint density at radius 3 is 1.34 bits per heavy atom. The van der Waals surface area contributed by atoms with E-state index in [0.29, 0.717) is 42.2 Å². The first-order valence-corrected chi connectivity index (χ1v) is 36.4. The predicted molar refractivity (Wildman–Crippen MR) is 413 cm³/mol. The van der Waals surface area contributed by atoms with Gasteiger partial charge in [-0.1, -0.05) is 182 Å². The summed E-state index contributed by atoms with van der Waals surface area (Å²) in [5.74, 6) is -0.932. The van der Waals surface area contributed by atoms with Crippen molar-refractivity contribution in [1.82, 2.24) is 4.57 Å². The molecule has 1 aromatic heterocycles. The molecule has 0 spiro atoms. The van der Waals surface area contributed by atoms with Gasteiger partial charge >= 0.3 is 10.8 Å². The van der Waals surface area contributed by atoms with Gasteiger partial charge in [0.2, 0.25) is 23.1 Å². The maximum atomic E-state index is 12.9. The molecule has 3 aromatic carbocycles. The van der Waals surface area contributed by atoms with Crippen molar-refractivity contribution in [2.45, 2.75) is 231 Å². The zero-order chi connectivity index (χ0) is 72.7. The topological polar surface area (TPSA) is 163 Å². The quantitative estimate of drug-likeness (QED) is 0.0144. The summed E-state index contributed by atoms with van der Waals surface area (Å²) in [4.78, 5) is 49.4. The number of carboxylic acid groups (broad SMARTS) is 1. The van der Waals surface area contributed by atoms with Crippen LogP contribution in [-0.2, 0) is 41.6 Å². The lowest BCUT2D eigenvalue weighted by Crippen LogP contribution is -2.26. The second-order valence-electron chi connectivity index (χ2n) is 26.6. The number of ether oxygens (including phenoxy) is 4. The van der Waals surface area contributed by atoms with Gasteiger partial charge in [0.1, 0.15) is 18.1 Å². The Kier molecular flexibility index (Phi) is 38.9. The first-order chi connectivity index (χ1) is 47.5. The number of hydrogen-bond acceptors (Lipinski definition) is 11. The summed E-state index contributed by atoms with van der Waals surface area (Å²) >= 11 is 1.13. The van der Waals surface area contributed by atoms with E-state index < -0.39 is 12.1 Å². The Balaban J connectivity index is 0.000000483. The molecule has 1 aliphatic carbocycles. The molecule has 1 unspecified atom stereocenters. The number of ketones is 2. The number of fused-ring (bicyclic) bond motifs is 1. The Hall–Kier alpha value is -8.13. The summed E-state index contributed by atoms with van der Waals surface area (Å²) in [6, 6.07) is 22.1. The number of allylic oxidation sites excluding steroid dienone is 22. The van der Waals surface area contributed by atoms with Crippen LogP contribution >= 0.6 is 11.3 Å². The smallest absolute Gasteiger partial charge is 0.333 e. The zero-order valence-corrected chi connectivity index (χ0v) is 63.3. The van der Waals surface area contributed by atoms with E-state index >= 15 is 0 Å². The largest absolute Gasteiger partial charge is 0.492 e. The number of carbonyl (C=O) groups excluding carboxylic acids is 2. The van der Waals surface area contributed by atoms with Crippen molar-refractivity contribution in [2.24, 2.45) is 5.16 Å². The Bertz CT molecular complexity index is 3750. The number of aliphatic carboxylic acids is 1. The van der Waals surface area contributed by atoms with Crippen LogP contribution in [0, 0.1) is 0 Å². The van der Waals surface area contributed by atoms with E-state index in [4.69, 9.17) is 18.9 Å². The monoisotopic (exact) mass is 1370 g/mol. The molecule has 0 amide bonds. The maximum absolute atomic E-state index is 12.9. The van der Waals surface area contributed by atoms with Crippen LogP contribution in [0.1, 0.15) is 229 Å². The highest BCUT2D eigenvalue weighted by Crippen LogP contribution is 2.29. The van der Waals surface area contributed by atoms with Crippen molar-refractivity contribution in [1.29, 1.82) is 0 Å². The fraction of sp³-hybridized carbons (Fsp3) is 0.453. The molecule has 1 atom stereocenters. The SMILES string of the molecule is CCOC(Cc1ccc(OCCn2c(=O)sc3cc(/C(=N\O)c4ccccc4)ccc32)cc1)C(=O)O.COC1=C(OC)C(=O)C(C/C=C(\C)CC/C=C(\C)CC/C=C(\C)CC/C=C(\C)CC/C=C(\C)CC/C=C(/C)CC/C=C(\C)CC/C=C(\C)CC/C=C(\C)CCC=C(C)C)=C(C)C1=O. The van der Waals surface area contributed by atoms with Crippen LogP contribution in [0.4, 0.5) is 0 Å². The molecule has 2 N–H and O–H groups in total. The first kappa shape index (κ1) is 83.3. The van der Waals surface area contributed by atoms with Crippen LogP contribution in [0.25, 0.3) is 10.2 Å². The van der Waals surface area contributed by atoms with Gasteiger partial charge in [-0.15, -0.1) is 0 Å². The third kappa shape index (κ3) is 31.3. The number of methoxy groups -OCH3 is 2. The van der Waals surface area contributed by atoms with Gasteiger partial charge in [0, 0.05) is 35.3 Å². The molecule has 0 saturated heterocycles. The molecule has 0 aliphatic heterocycles. The van der Waals surface area contributed by atoms with E-state index in [1.807, 2.05) is 60.7 Å². The molecule has 12 nitrogen and oxygen atoms in total. The number of thiazole rings is 1. The molecule has 5 rings (SSSR count). The van der Waals surface area contributed by atoms with Crippen molar-refractivity contribution in [2.75, 3.05) is 27.4 Å². The number of carboxylic acids is 1. The van der Waals surface area contributed by atoms with Crippen molar-refractivity contribution in [3.8, 4) is 5.75 Å². The first-order valence-electron chi connectivity index (χ1n) is 35.6. The number of Topliss-reactive ketones (excluding diaryl/α,β-unsaturated/α-hetero) is 2. The van der Waals surface area contributed by atoms with Gasteiger partial charge in [-0.25, -0.2) is 4.79 Å². The van der Waals surface area contributed by atoms with Crippen molar-refractivity contribution >= 4 is 44.8 Å². The molecule has 0 bridgehead atoms. The van der Waals surface area contributed by atoms with Gasteiger partial charge in [-0.05, 0) is 242 Å². The fourth-order valence-corrected chi connectivity index (χ4v) is 12.5. The van der Waals surface area contributed by atoms with Crippen LogP contribution in [0.15, 0.2) is 222 Å². The summed E-state index contributed by atoms with van der Waals surface area (Å²) in [5, 5.41) is 22.3. The van der Waals surface area contributed by atoms with Gasteiger partial charge in [-0.3, -0.25) is 19.0 Å². The molecular formula is C86H116N2O10S. The van der Waals surface area contributed by atoms with Crippen LogP contribution in [0.3, 0.4) is 0 Å². The maximum Gasteiger partial charge on any atom is 0.333 e. The number of hydrogen-bond donors (Lipinski definition) is 2. The van der Waals surface area contributed by atoms with Crippen LogP contribution in [0.2, 0.25) is 0 Å². The number of rotatable bonds is 42. The van der Waals surface area contributed by atoms with E-state index in [0.717, 1.165) is 135 Å². The van der Waals surface area contributed by atoms with E-state index in [-0.39, 0.29) is 41.0 Å². The van der Waals surface area contributed by atoms with Crippen molar-refractivity contribution < 1.29 is 43.6 Å². The number of benzene rings is 3. The van der Waals surface area contributed by atoms with Gasteiger partial charge in [0.25, 0.3) is 0 Å². The van der Waals surface area contributed by atoms with Crippen molar-refractivity contribution in [3.63, 3.8) is 0 Å². The molecular weight excluding hydrogens is 1250 g/mol. The lowest BCUT2D eigenvalue weighted by molar-refractivity contribution is -0.150. The normalized spacial score (nSPS) is 14.7. The third-order valence-electron chi connectivity index (χ3n) is 17.8. The minimum atomic E-state index is -0.988.